The molecule has 1 aromatic heterocycles. The number of hydrogen-bond donors (Lipinski definition) is 1. The molecule has 2 nitrogen and oxygen atoms in total. The second-order valence-electron chi connectivity index (χ2n) is 4.64. The molecule has 0 aliphatic rings. The van der Waals surface area contributed by atoms with Crippen LogP contribution in [-0.4, -0.2) is 6.04 Å². The highest BCUT2D eigenvalue weighted by Crippen LogP contribution is 2.44. The Balaban J connectivity index is 2.50. The van der Waals surface area contributed by atoms with Gasteiger partial charge in [0.1, 0.15) is 5.76 Å². The maximum Gasteiger partial charge on any atom is 0.125 e. The summed E-state index contributed by atoms with van der Waals surface area (Å²) in [6.45, 7) is 4.68. The summed E-state index contributed by atoms with van der Waals surface area (Å²) in [6.07, 6.45) is 1.59. The van der Waals surface area contributed by atoms with Gasteiger partial charge in [0.15, 0.2) is 0 Å². The minimum Gasteiger partial charge on any atom is -0.467 e. The Hall–Kier alpha value is -0.380. The number of rotatable bonds is 4. The molecule has 0 atom stereocenters. The smallest absolute Gasteiger partial charge is 0.125 e. The molecule has 1 N–H and O–H groups in total. The van der Waals surface area contributed by atoms with Crippen molar-refractivity contribution in [3.8, 4) is 11.1 Å². The number of halogens is 4. The normalized spacial score (nSPS) is 11.3. The molecule has 0 amide bonds. The van der Waals surface area contributed by atoms with E-state index in [9.17, 15) is 0 Å². The molecule has 1 aromatic carbocycles. The summed E-state index contributed by atoms with van der Waals surface area (Å²) in [5.41, 5.74) is 1.39. The van der Waals surface area contributed by atoms with Gasteiger partial charge in [-0.3, -0.25) is 0 Å². The zero-order valence-electron chi connectivity index (χ0n) is 10.9. The van der Waals surface area contributed by atoms with E-state index in [1.807, 2.05) is 0 Å². The van der Waals surface area contributed by atoms with Gasteiger partial charge in [-0.05, 0) is 12.1 Å². The van der Waals surface area contributed by atoms with Gasteiger partial charge in [-0.2, -0.15) is 0 Å². The van der Waals surface area contributed by atoms with Crippen molar-refractivity contribution in [1.82, 2.24) is 5.32 Å². The van der Waals surface area contributed by atoms with Crippen LogP contribution in [0.15, 0.2) is 22.8 Å². The molecule has 2 rings (SSSR count). The van der Waals surface area contributed by atoms with E-state index in [4.69, 9.17) is 50.8 Å². The van der Waals surface area contributed by atoms with Gasteiger partial charge >= 0.3 is 0 Å². The summed E-state index contributed by atoms with van der Waals surface area (Å²) < 4.78 is 5.49. The van der Waals surface area contributed by atoms with E-state index in [2.05, 4.69) is 19.2 Å². The first-order valence-electron chi connectivity index (χ1n) is 6.05. The fourth-order valence-corrected chi connectivity index (χ4v) is 2.82. The van der Waals surface area contributed by atoms with Gasteiger partial charge in [-0.1, -0.05) is 60.3 Å². The first-order chi connectivity index (χ1) is 9.41. The largest absolute Gasteiger partial charge is 0.467 e. The van der Waals surface area contributed by atoms with Crippen molar-refractivity contribution in [3.05, 3.63) is 44.2 Å². The van der Waals surface area contributed by atoms with Crippen LogP contribution in [0.3, 0.4) is 0 Å². The molecule has 2 aromatic rings. The van der Waals surface area contributed by atoms with E-state index in [-0.39, 0.29) is 0 Å². The molecule has 0 bridgehead atoms. The molecule has 0 aliphatic heterocycles. The molecule has 108 valence electrons. The first-order valence-corrected chi connectivity index (χ1v) is 7.56. The van der Waals surface area contributed by atoms with E-state index < -0.39 is 0 Å². The summed E-state index contributed by atoms with van der Waals surface area (Å²) in [5.74, 6) is 0.737. The minimum atomic E-state index is 0.335. The van der Waals surface area contributed by atoms with Crippen LogP contribution in [0.5, 0.6) is 0 Å². The van der Waals surface area contributed by atoms with E-state index >= 15 is 0 Å². The Bertz CT molecular complexity index is 596. The second kappa shape index (κ2) is 6.59. The predicted octanol–water partition coefficient (Wildman–Crippen LogP) is 6.06. The fourth-order valence-electron chi connectivity index (χ4n) is 1.81. The number of hydrogen-bond acceptors (Lipinski definition) is 2. The van der Waals surface area contributed by atoms with Gasteiger partial charge in [0.2, 0.25) is 0 Å². The van der Waals surface area contributed by atoms with Crippen molar-refractivity contribution in [3.63, 3.8) is 0 Å². The van der Waals surface area contributed by atoms with Crippen LogP contribution in [-0.2, 0) is 6.54 Å². The lowest BCUT2D eigenvalue weighted by Crippen LogP contribution is -2.21. The molecule has 0 unspecified atom stereocenters. The van der Waals surface area contributed by atoms with Crippen LogP contribution in [0, 0.1) is 0 Å². The van der Waals surface area contributed by atoms with E-state index in [1.54, 1.807) is 12.3 Å². The molecule has 0 fully saturated rings. The molecule has 0 saturated carbocycles. The van der Waals surface area contributed by atoms with Gasteiger partial charge in [0.05, 0.1) is 32.9 Å². The molecule has 0 aliphatic carbocycles. The number of nitrogens with one attached hydrogen (secondary N) is 1. The van der Waals surface area contributed by atoms with Crippen molar-refractivity contribution < 1.29 is 4.42 Å². The lowest BCUT2D eigenvalue weighted by molar-refractivity contribution is 0.466. The molecule has 0 spiro atoms. The first kappa shape index (κ1) is 16.0. The molecular weight excluding hydrogens is 340 g/mol. The standard InChI is InChI=1S/C14H13Cl4NO/c1-7(2)19-6-11-8(3-4-20-11)12-13(17)9(15)5-10(16)14(12)18/h3-5,7,19H,6H2,1-2H3. The molecule has 1 heterocycles. The third-order valence-corrected chi connectivity index (χ3v) is 4.37. The van der Waals surface area contributed by atoms with E-state index in [0.29, 0.717) is 38.2 Å². The van der Waals surface area contributed by atoms with Crippen molar-refractivity contribution >= 4 is 46.4 Å². The van der Waals surface area contributed by atoms with Gasteiger partial charge in [0.25, 0.3) is 0 Å². The Labute approximate surface area is 138 Å². The van der Waals surface area contributed by atoms with Crippen LogP contribution in [0.2, 0.25) is 20.1 Å². The topological polar surface area (TPSA) is 25.2 Å². The zero-order chi connectivity index (χ0) is 14.9. The van der Waals surface area contributed by atoms with Crippen LogP contribution in [0.25, 0.3) is 11.1 Å². The van der Waals surface area contributed by atoms with E-state index in [1.165, 1.54) is 6.07 Å². The molecule has 6 heteroatoms. The average Bonchev–Trinajstić information content (AvgIpc) is 2.83. The summed E-state index contributed by atoms with van der Waals surface area (Å²) >= 11 is 24.7. The summed E-state index contributed by atoms with van der Waals surface area (Å²) in [6, 6.07) is 3.67. The highest BCUT2D eigenvalue weighted by atomic mass is 35.5. The molecule has 20 heavy (non-hydrogen) atoms. The van der Waals surface area contributed by atoms with Crippen LogP contribution < -0.4 is 5.32 Å². The summed E-state index contributed by atoms with van der Waals surface area (Å²) in [7, 11) is 0. The Morgan fingerprint density at radius 1 is 1.10 bits per heavy atom. The Morgan fingerprint density at radius 2 is 1.70 bits per heavy atom. The molecule has 0 saturated heterocycles. The Morgan fingerprint density at radius 3 is 2.25 bits per heavy atom. The molecular formula is C14H13Cl4NO. The summed E-state index contributed by atoms with van der Waals surface area (Å²) in [5, 5.41) is 4.74. The van der Waals surface area contributed by atoms with Gasteiger partial charge in [-0.15, -0.1) is 0 Å². The monoisotopic (exact) mass is 351 g/mol. The fraction of sp³-hybridized carbons (Fsp3) is 0.286. The maximum atomic E-state index is 6.26. The highest BCUT2D eigenvalue weighted by molar-refractivity contribution is 6.50. The predicted molar refractivity (Wildman–Crippen MR) is 86.2 cm³/mol. The van der Waals surface area contributed by atoms with Gasteiger partial charge in [-0.25, -0.2) is 0 Å². The van der Waals surface area contributed by atoms with Crippen molar-refractivity contribution in [2.24, 2.45) is 0 Å². The summed E-state index contributed by atoms with van der Waals surface area (Å²) in [4.78, 5) is 0. The third-order valence-electron chi connectivity index (χ3n) is 2.80. The number of benzene rings is 1. The quantitative estimate of drug-likeness (QED) is 0.676. The minimum absolute atomic E-state index is 0.335. The van der Waals surface area contributed by atoms with Crippen molar-refractivity contribution in [1.29, 1.82) is 0 Å². The van der Waals surface area contributed by atoms with Crippen LogP contribution in [0.1, 0.15) is 19.6 Å². The second-order valence-corrected chi connectivity index (χ2v) is 6.21. The van der Waals surface area contributed by atoms with Crippen LogP contribution in [0.4, 0.5) is 0 Å². The van der Waals surface area contributed by atoms with E-state index in [0.717, 1.165) is 11.3 Å². The van der Waals surface area contributed by atoms with Gasteiger partial charge < -0.3 is 9.73 Å². The average molecular weight is 353 g/mol. The lowest BCUT2D eigenvalue weighted by atomic mass is 10.1. The highest BCUT2D eigenvalue weighted by Gasteiger charge is 2.19. The molecule has 0 radical (unpaired) electrons. The maximum absolute atomic E-state index is 6.26. The SMILES string of the molecule is CC(C)NCc1occc1-c1c(Cl)c(Cl)cc(Cl)c1Cl. The van der Waals surface area contributed by atoms with Crippen molar-refractivity contribution in [2.75, 3.05) is 0 Å². The van der Waals surface area contributed by atoms with Crippen molar-refractivity contribution in [2.45, 2.75) is 26.4 Å². The number of furan rings is 1. The van der Waals surface area contributed by atoms with Crippen LogP contribution >= 0.6 is 46.4 Å². The third kappa shape index (κ3) is 3.26. The zero-order valence-corrected chi connectivity index (χ0v) is 14.0. The van der Waals surface area contributed by atoms with Gasteiger partial charge in [0, 0.05) is 17.2 Å². The Kier molecular flexibility index (Phi) is 5.27. The lowest BCUT2D eigenvalue weighted by Gasteiger charge is -2.12.